The predicted octanol–water partition coefficient (Wildman–Crippen LogP) is 1.57. The van der Waals surface area contributed by atoms with Crippen LogP contribution in [0.25, 0.3) is 0 Å². The summed E-state index contributed by atoms with van der Waals surface area (Å²) in [5.41, 5.74) is -0.0375. The number of ether oxygens (including phenoxy) is 2. The van der Waals surface area contributed by atoms with E-state index in [1.165, 1.54) is 12.8 Å². The van der Waals surface area contributed by atoms with E-state index in [1.807, 2.05) is 0 Å². The van der Waals surface area contributed by atoms with Crippen molar-refractivity contribution in [3.05, 3.63) is 0 Å². The minimum atomic E-state index is -0.0375. The molecule has 1 aliphatic carbocycles. The van der Waals surface area contributed by atoms with Gasteiger partial charge in [0.05, 0.1) is 19.8 Å². The molecule has 1 fully saturated rings. The van der Waals surface area contributed by atoms with E-state index in [0.29, 0.717) is 13.2 Å². The highest BCUT2D eigenvalue weighted by Crippen LogP contribution is 2.31. The maximum absolute atomic E-state index is 9.62. The molecule has 0 heterocycles. The average Bonchev–Trinajstić information content (AvgIpc) is 2.38. The summed E-state index contributed by atoms with van der Waals surface area (Å²) >= 11 is 0. The minimum Gasteiger partial charge on any atom is -0.394 e. The van der Waals surface area contributed by atoms with Crippen molar-refractivity contribution in [2.75, 3.05) is 40.1 Å². The molecular weight excluding hydrogens is 230 g/mol. The lowest BCUT2D eigenvalue weighted by atomic mass is 9.77. The topological polar surface area (TPSA) is 50.7 Å². The standard InChI is InChI=1S/C14H29NO3/c1-13-5-3-6-14(11-13,12-16)15-7-4-8-18-10-9-17-2/h13,15-16H,3-12H2,1-2H3. The van der Waals surface area contributed by atoms with E-state index >= 15 is 0 Å². The second kappa shape index (κ2) is 8.86. The van der Waals surface area contributed by atoms with Gasteiger partial charge >= 0.3 is 0 Å². The summed E-state index contributed by atoms with van der Waals surface area (Å²) in [7, 11) is 1.68. The molecule has 0 aromatic carbocycles. The predicted molar refractivity (Wildman–Crippen MR) is 72.8 cm³/mol. The first-order valence-electron chi connectivity index (χ1n) is 7.15. The Kier molecular flexibility index (Phi) is 7.82. The van der Waals surface area contributed by atoms with Crippen molar-refractivity contribution >= 4 is 0 Å². The van der Waals surface area contributed by atoms with E-state index in [2.05, 4.69) is 12.2 Å². The third-order valence-corrected chi connectivity index (χ3v) is 3.79. The van der Waals surface area contributed by atoms with Gasteiger partial charge in [0.1, 0.15) is 0 Å². The number of aliphatic hydroxyl groups excluding tert-OH is 1. The SMILES string of the molecule is COCCOCCCNC1(CO)CCCC(C)C1. The molecule has 4 heteroatoms. The molecule has 0 spiro atoms. The van der Waals surface area contributed by atoms with Crippen LogP contribution < -0.4 is 5.32 Å². The maximum Gasteiger partial charge on any atom is 0.0700 e. The number of nitrogens with one attached hydrogen (secondary N) is 1. The van der Waals surface area contributed by atoms with Gasteiger partial charge in [0.15, 0.2) is 0 Å². The van der Waals surface area contributed by atoms with Gasteiger partial charge < -0.3 is 19.9 Å². The Bertz CT molecular complexity index is 213. The highest BCUT2D eigenvalue weighted by Gasteiger charge is 2.33. The molecular formula is C14H29NO3. The zero-order valence-corrected chi connectivity index (χ0v) is 11.9. The van der Waals surface area contributed by atoms with Gasteiger partial charge in [-0.25, -0.2) is 0 Å². The van der Waals surface area contributed by atoms with Gasteiger partial charge in [-0.15, -0.1) is 0 Å². The quantitative estimate of drug-likeness (QED) is 0.617. The van der Waals surface area contributed by atoms with Crippen LogP contribution in [0.15, 0.2) is 0 Å². The van der Waals surface area contributed by atoms with Crippen LogP contribution in [0.3, 0.4) is 0 Å². The minimum absolute atomic E-state index is 0.0375. The van der Waals surface area contributed by atoms with Crippen LogP contribution in [-0.4, -0.2) is 50.7 Å². The number of hydrogen-bond acceptors (Lipinski definition) is 4. The van der Waals surface area contributed by atoms with Crippen molar-refractivity contribution in [1.29, 1.82) is 0 Å². The Morgan fingerprint density at radius 2 is 2.17 bits per heavy atom. The second-order valence-electron chi connectivity index (χ2n) is 5.53. The lowest BCUT2D eigenvalue weighted by Crippen LogP contribution is -2.51. The first-order chi connectivity index (χ1) is 8.72. The van der Waals surface area contributed by atoms with Crippen LogP contribution in [-0.2, 0) is 9.47 Å². The number of hydrogen-bond donors (Lipinski definition) is 2. The Morgan fingerprint density at radius 1 is 1.33 bits per heavy atom. The van der Waals surface area contributed by atoms with E-state index in [0.717, 1.165) is 38.3 Å². The molecule has 0 aliphatic heterocycles. The van der Waals surface area contributed by atoms with E-state index in [1.54, 1.807) is 7.11 Å². The molecule has 18 heavy (non-hydrogen) atoms. The molecule has 2 atom stereocenters. The highest BCUT2D eigenvalue weighted by atomic mass is 16.5. The first kappa shape index (κ1) is 15.9. The Morgan fingerprint density at radius 3 is 2.83 bits per heavy atom. The van der Waals surface area contributed by atoms with Crippen molar-refractivity contribution in [2.45, 2.75) is 44.6 Å². The first-order valence-corrected chi connectivity index (χ1v) is 7.15. The van der Waals surface area contributed by atoms with E-state index in [9.17, 15) is 5.11 Å². The summed E-state index contributed by atoms with van der Waals surface area (Å²) in [6.07, 6.45) is 5.69. The van der Waals surface area contributed by atoms with Crippen LogP contribution >= 0.6 is 0 Å². The lowest BCUT2D eigenvalue weighted by molar-refractivity contribution is 0.0640. The number of aliphatic hydroxyl groups is 1. The van der Waals surface area contributed by atoms with E-state index in [-0.39, 0.29) is 12.1 Å². The fourth-order valence-corrected chi connectivity index (χ4v) is 2.79. The molecule has 4 nitrogen and oxygen atoms in total. The summed E-state index contributed by atoms with van der Waals surface area (Å²) in [6.45, 7) is 5.53. The second-order valence-corrected chi connectivity index (χ2v) is 5.53. The number of methoxy groups -OCH3 is 1. The van der Waals surface area contributed by atoms with Crippen molar-refractivity contribution in [3.8, 4) is 0 Å². The van der Waals surface area contributed by atoms with Gasteiger partial charge in [-0.05, 0) is 31.7 Å². The van der Waals surface area contributed by atoms with Gasteiger partial charge in [-0.3, -0.25) is 0 Å². The maximum atomic E-state index is 9.62. The van der Waals surface area contributed by atoms with Gasteiger partial charge in [-0.1, -0.05) is 19.8 Å². The van der Waals surface area contributed by atoms with Gasteiger partial charge in [0.25, 0.3) is 0 Å². The third-order valence-electron chi connectivity index (χ3n) is 3.79. The zero-order chi connectivity index (χ0) is 13.3. The Hall–Kier alpha value is -0.160. The molecule has 2 N–H and O–H groups in total. The van der Waals surface area contributed by atoms with Crippen molar-refractivity contribution in [1.82, 2.24) is 5.32 Å². The molecule has 0 radical (unpaired) electrons. The molecule has 1 saturated carbocycles. The van der Waals surface area contributed by atoms with Gasteiger partial charge in [-0.2, -0.15) is 0 Å². The zero-order valence-electron chi connectivity index (χ0n) is 11.9. The summed E-state index contributed by atoms with van der Waals surface area (Å²) in [5, 5.41) is 13.2. The fraction of sp³-hybridized carbons (Fsp3) is 1.00. The summed E-state index contributed by atoms with van der Waals surface area (Å²) in [5.74, 6) is 0.719. The molecule has 0 amide bonds. The average molecular weight is 259 g/mol. The van der Waals surface area contributed by atoms with Crippen molar-refractivity contribution in [2.24, 2.45) is 5.92 Å². The van der Waals surface area contributed by atoms with Crippen LogP contribution in [0.4, 0.5) is 0 Å². The summed E-state index contributed by atoms with van der Waals surface area (Å²) in [4.78, 5) is 0. The van der Waals surface area contributed by atoms with Crippen molar-refractivity contribution < 1.29 is 14.6 Å². The Balaban J connectivity index is 2.11. The van der Waals surface area contributed by atoms with Gasteiger partial charge in [0.2, 0.25) is 0 Å². The molecule has 1 aliphatic rings. The van der Waals surface area contributed by atoms with Crippen molar-refractivity contribution in [3.63, 3.8) is 0 Å². The molecule has 108 valence electrons. The van der Waals surface area contributed by atoms with E-state index in [4.69, 9.17) is 9.47 Å². The molecule has 2 unspecified atom stereocenters. The fourth-order valence-electron chi connectivity index (χ4n) is 2.79. The summed E-state index contributed by atoms with van der Waals surface area (Å²) in [6, 6.07) is 0. The molecule has 1 rings (SSSR count). The monoisotopic (exact) mass is 259 g/mol. The van der Waals surface area contributed by atoms with Crippen LogP contribution in [0.5, 0.6) is 0 Å². The van der Waals surface area contributed by atoms with Crippen LogP contribution in [0.1, 0.15) is 39.0 Å². The Labute approximate surface area is 111 Å². The largest absolute Gasteiger partial charge is 0.394 e. The smallest absolute Gasteiger partial charge is 0.0700 e. The number of rotatable bonds is 9. The van der Waals surface area contributed by atoms with Crippen LogP contribution in [0.2, 0.25) is 0 Å². The lowest BCUT2D eigenvalue weighted by Gasteiger charge is -2.39. The molecule has 0 aromatic heterocycles. The normalized spacial score (nSPS) is 28.5. The molecule has 0 bridgehead atoms. The highest BCUT2D eigenvalue weighted by molar-refractivity contribution is 4.92. The third kappa shape index (κ3) is 5.65. The summed E-state index contributed by atoms with van der Waals surface area (Å²) < 4.78 is 10.3. The van der Waals surface area contributed by atoms with Gasteiger partial charge in [0, 0.05) is 19.3 Å². The van der Waals surface area contributed by atoms with E-state index < -0.39 is 0 Å². The molecule has 0 saturated heterocycles. The van der Waals surface area contributed by atoms with Crippen LogP contribution in [0, 0.1) is 5.92 Å². The molecule has 0 aromatic rings.